The van der Waals surface area contributed by atoms with Gasteiger partial charge in [-0.1, -0.05) is 18.2 Å². The third kappa shape index (κ3) is 3.25. The maximum Gasteiger partial charge on any atom is 0.339 e. The van der Waals surface area contributed by atoms with E-state index in [0.29, 0.717) is 15.7 Å². The molecule has 8 heteroatoms. The van der Waals surface area contributed by atoms with Crippen molar-refractivity contribution in [3.63, 3.8) is 0 Å². The molecule has 2 aromatic rings. The van der Waals surface area contributed by atoms with E-state index in [4.69, 9.17) is 4.74 Å². The molecule has 1 unspecified atom stereocenters. The van der Waals surface area contributed by atoms with E-state index in [-0.39, 0.29) is 12.1 Å². The van der Waals surface area contributed by atoms with Crippen molar-refractivity contribution in [2.45, 2.75) is 18.9 Å². The number of rotatable bonds is 3. The Morgan fingerprint density at radius 2 is 2.04 bits per heavy atom. The molecule has 1 aliphatic rings. The molecule has 128 valence electrons. The lowest BCUT2D eigenvalue weighted by Gasteiger charge is -2.33. The molecule has 0 radical (unpaired) electrons. The highest BCUT2D eigenvalue weighted by molar-refractivity contribution is 9.10. The average Bonchev–Trinajstić information content (AvgIpc) is 2.56. The number of ether oxygens (including phenoxy) is 1. The number of halogens is 1. The van der Waals surface area contributed by atoms with Crippen molar-refractivity contribution in [3.8, 4) is 0 Å². The first-order chi connectivity index (χ1) is 11.8. The molecule has 1 amide bonds. The molecule has 1 N–H and O–H groups in total. The third-order valence-electron chi connectivity index (χ3n) is 3.98. The fourth-order valence-corrected chi connectivity index (χ4v) is 3.10. The van der Waals surface area contributed by atoms with E-state index >= 15 is 0 Å². The second kappa shape index (κ2) is 6.29. The number of carbonyl (C=O) groups excluding carboxylic acids is 2. The highest BCUT2D eigenvalue weighted by Crippen LogP contribution is 2.31. The van der Waals surface area contributed by atoms with Gasteiger partial charge >= 0.3 is 5.97 Å². The second-order valence-corrected chi connectivity index (χ2v) is 6.68. The third-order valence-corrected chi connectivity index (χ3v) is 4.63. The van der Waals surface area contributed by atoms with Crippen LogP contribution in [0.4, 0.5) is 11.4 Å². The molecule has 2 aromatic carbocycles. The van der Waals surface area contributed by atoms with E-state index in [9.17, 15) is 19.7 Å². The van der Waals surface area contributed by atoms with Crippen LogP contribution in [0.25, 0.3) is 0 Å². The summed E-state index contributed by atoms with van der Waals surface area (Å²) in [5, 5.41) is 13.4. The number of fused-ring (bicyclic) bond motifs is 1. The number of nitrogens with zero attached hydrogens (tertiary/aromatic N) is 1. The Hall–Kier alpha value is -2.74. The number of amides is 1. The first kappa shape index (κ1) is 17.1. The summed E-state index contributed by atoms with van der Waals surface area (Å²) in [4.78, 5) is 35.1. The zero-order valence-corrected chi connectivity index (χ0v) is 14.7. The topological polar surface area (TPSA) is 98.5 Å². The Kier molecular flexibility index (Phi) is 4.30. The van der Waals surface area contributed by atoms with E-state index in [0.717, 1.165) is 5.56 Å². The number of esters is 1. The maximum atomic E-state index is 12.7. The summed E-state index contributed by atoms with van der Waals surface area (Å²) in [5.74, 6) is -1.06. The summed E-state index contributed by atoms with van der Waals surface area (Å²) in [6, 6.07) is 11.0. The predicted octanol–water partition coefficient (Wildman–Crippen LogP) is 3.47. The summed E-state index contributed by atoms with van der Waals surface area (Å²) in [5.41, 5.74) is 0.0661. The summed E-state index contributed by atoms with van der Waals surface area (Å²) in [6.45, 7) is 1.54. The summed E-state index contributed by atoms with van der Waals surface area (Å²) in [7, 11) is 0. The molecule has 0 saturated heterocycles. The standard InChI is InChI=1S/C17H13BrN2O5/c1-17(9-10-4-2-3-5-12(10)15(21)25-17)16(22)19-14-7-6-11(20(23)24)8-13(14)18/h2-8H,9H2,1H3,(H,19,22). The molecule has 0 fully saturated rings. The van der Waals surface area contributed by atoms with Gasteiger partial charge in [0.2, 0.25) is 0 Å². The minimum atomic E-state index is -1.37. The van der Waals surface area contributed by atoms with E-state index < -0.39 is 22.4 Å². The van der Waals surface area contributed by atoms with Crippen molar-refractivity contribution < 1.29 is 19.2 Å². The SMILES string of the molecule is CC1(C(=O)Nc2ccc([N+](=O)[O-])cc2Br)Cc2ccccc2C(=O)O1. The zero-order chi connectivity index (χ0) is 18.2. The maximum absolute atomic E-state index is 12.7. The highest BCUT2D eigenvalue weighted by atomic mass is 79.9. The van der Waals surface area contributed by atoms with Crippen LogP contribution in [-0.2, 0) is 16.0 Å². The van der Waals surface area contributed by atoms with Crippen molar-refractivity contribution in [3.05, 3.63) is 68.2 Å². The molecular formula is C17H13BrN2O5. The zero-order valence-electron chi connectivity index (χ0n) is 13.1. The van der Waals surface area contributed by atoms with Gasteiger partial charge in [-0.15, -0.1) is 0 Å². The van der Waals surface area contributed by atoms with Gasteiger partial charge in [0.15, 0.2) is 5.60 Å². The van der Waals surface area contributed by atoms with Crippen molar-refractivity contribution in [2.75, 3.05) is 5.32 Å². The number of hydrogen-bond donors (Lipinski definition) is 1. The number of benzene rings is 2. The molecule has 0 saturated carbocycles. The van der Waals surface area contributed by atoms with Crippen molar-refractivity contribution in [2.24, 2.45) is 0 Å². The number of nitro benzene ring substituents is 1. The minimum Gasteiger partial charge on any atom is -0.445 e. The molecule has 1 heterocycles. The normalized spacial score (nSPS) is 18.9. The lowest BCUT2D eigenvalue weighted by atomic mass is 9.89. The molecule has 0 bridgehead atoms. The summed E-state index contributed by atoms with van der Waals surface area (Å²) < 4.78 is 5.72. The van der Waals surface area contributed by atoms with Crippen LogP contribution >= 0.6 is 15.9 Å². The van der Waals surface area contributed by atoms with Crippen LogP contribution in [0.3, 0.4) is 0 Å². The number of hydrogen-bond acceptors (Lipinski definition) is 5. The van der Waals surface area contributed by atoms with Crippen LogP contribution in [-0.4, -0.2) is 22.4 Å². The van der Waals surface area contributed by atoms with Crippen LogP contribution in [0.5, 0.6) is 0 Å². The van der Waals surface area contributed by atoms with E-state index in [1.165, 1.54) is 25.1 Å². The van der Waals surface area contributed by atoms with Crippen LogP contribution < -0.4 is 5.32 Å². The second-order valence-electron chi connectivity index (χ2n) is 5.83. The number of non-ortho nitro benzene ring substituents is 1. The quantitative estimate of drug-likeness (QED) is 0.479. The van der Waals surface area contributed by atoms with Gasteiger partial charge < -0.3 is 10.1 Å². The first-order valence-electron chi connectivity index (χ1n) is 7.37. The highest BCUT2D eigenvalue weighted by Gasteiger charge is 2.42. The Balaban J connectivity index is 1.84. The molecule has 0 aliphatic carbocycles. The van der Waals surface area contributed by atoms with Crippen molar-refractivity contribution >= 4 is 39.2 Å². The van der Waals surface area contributed by atoms with Gasteiger partial charge in [0.1, 0.15) is 0 Å². The Labute approximate surface area is 151 Å². The minimum absolute atomic E-state index is 0.103. The van der Waals surface area contributed by atoms with Gasteiger partial charge in [0.05, 0.1) is 16.2 Å². The molecule has 1 aliphatic heterocycles. The van der Waals surface area contributed by atoms with Crippen LogP contribution in [0.1, 0.15) is 22.8 Å². The van der Waals surface area contributed by atoms with Crippen LogP contribution in [0, 0.1) is 10.1 Å². The largest absolute Gasteiger partial charge is 0.445 e. The van der Waals surface area contributed by atoms with E-state index in [1.807, 2.05) is 0 Å². The number of nitrogens with one attached hydrogen (secondary N) is 1. The van der Waals surface area contributed by atoms with Gasteiger partial charge in [-0.2, -0.15) is 0 Å². The monoisotopic (exact) mass is 404 g/mol. The number of nitro groups is 1. The lowest BCUT2D eigenvalue weighted by Crippen LogP contribution is -2.48. The van der Waals surface area contributed by atoms with Gasteiger partial charge in [-0.05, 0) is 40.5 Å². The molecule has 7 nitrogen and oxygen atoms in total. The molecular weight excluding hydrogens is 392 g/mol. The fourth-order valence-electron chi connectivity index (χ4n) is 2.63. The Bertz CT molecular complexity index is 898. The smallest absolute Gasteiger partial charge is 0.339 e. The predicted molar refractivity (Wildman–Crippen MR) is 93.4 cm³/mol. The van der Waals surface area contributed by atoms with Gasteiger partial charge in [0.25, 0.3) is 11.6 Å². The van der Waals surface area contributed by atoms with Crippen molar-refractivity contribution in [1.82, 2.24) is 0 Å². The van der Waals surface area contributed by atoms with Gasteiger partial charge in [0, 0.05) is 23.0 Å². The molecule has 0 spiro atoms. The molecule has 1 atom stereocenters. The van der Waals surface area contributed by atoms with Crippen LogP contribution in [0.15, 0.2) is 46.9 Å². The Morgan fingerprint density at radius 1 is 1.32 bits per heavy atom. The van der Waals surface area contributed by atoms with Gasteiger partial charge in [-0.3, -0.25) is 14.9 Å². The summed E-state index contributed by atoms with van der Waals surface area (Å²) >= 11 is 3.20. The van der Waals surface area contributed by atoms with Gasteiger partial charge in [-0.25, -0.2) is 4.79 Å². The first-order valence-corrected chi connectivity index (χ1v) is 8.16. The lowest BCUT2D eigenvalue weighted by molar-refractivity contribution is -0.384. The number of carbonyl (C=O) groups is 2. The fraction of sp³-hybridized carbons (Fsp3) is 0.176. The van der Waals surface area contributed by atoms with E-state index in [2.05, 4.69) is 21.2 Å². The average molecular weight is 405 g/mol. The number of anilines is 1. The van der Waals surface area contributed by atoms with Crippen LogP contribution in [0.2, 0.25) is 0 Å². The Morgan fingerprint density at radius 3 is 2.72 bits per heavy atom. The molecule has 3 rings (SSSR count). The molecule has 0 aromatic heterocycles. The number of cyclic esters (lactones) is 1. The summed E-state index contributed by atoms with van der Waals surface area (Å²) in [6.07, 6.45) is 0.241. The molecule has 25 heavy (non-hydrogen) atoms. The van der Waals surface area contributed by atoms with E-state index in [1.54, 1.807) is 24.3 Å². The van der Waals surface area contributed by atoms with Crippen molar-refractivity contribution in [1.29, 1.82) is 0 Å².